The average Bonchev–Trinajstić information content (AvgIpc) is 2.43. The van der Waals surface area contributed by atoms with Crippen LogP contribution in [0.15, 0.2) is 30.3 Å². The molecule has 19 heavy (non-hydrogen) atoms. The van der Waals surface area contributed by atoms with Crippen LogP contribution >= 0.6 is 0 Å². The molecule has 1 aromatic carbocycles. The highest BCUT2D eigenvalue weighted by molar-refractivity contribution is 5.71. The molecular formula is C14H19NO4. The lowest BCUT2D eigenvalue weighted by molar-refractivity contribution is -0.145. The van der Waals surface area contributed by atoms with Crippen LogP contribution in [0.25, 0.3) is 0 Å². The van der Waals surface area contributed by atoms with E-state index in [0.717, 1.165) is 5.56 Å². The number of esters is 1. The van der Waals surface area contributed by atoms with E-state index in [0.29, 0.717) is 6.61 Å². The Morgan fingerprint density at radius 1 is 1.16 bits per heavy atom. The van der Waals surface area contributed by atoms with E-state index in [1.165, 1.54) is 4.90 Å². The molecule has 0 bridgehead atoms. The van der Waals surface area contributed by atoms with Crippen molar-refractivity contribution >= 4 is 12.1 Å². The van der Waals surface area contributed by atoms with Crippen LogP contribution in [0.2, 0.25) is 0 Å². The fraction of sp³-hybridized carbons (Fsp3) is 0.429. The molecule has 5 heteroatoms. The van der Waals surface area contributed by atoms with E-state index in [4.69, 9.17) is 9.47 Å². The van der Waals surface area contributed by atoms with Gasteiger partial charge in [0.15, 0.2) is 0 Å². The lowest BCUT2D eigenvalue weighted by Crippen LogP contribution is -2.29. The summed E-state index contributed by atoms with van der Waals surface area (Å²) in [4.78, 5) is 24.1. The second-order valence-electron chi connectivity index (χ2n) is 4.02. The van der Waals surface area contributed by atoms with Crippen LogP contribution < -0.4 is 0 Å². The molecule has 0 fully saturated rings. The zero-order valence-corrected chi connectivity index (χ0v) is 11.3. The molecule has 104 valence electrons. The number of rotatable bonds is 6. The SMILES string of the molecule is CCOC(=O)N(C)CCC(=O)OCc1ccccc1. The molecule has 0 N–H and O–H groups in total. The van der Waals surface area contributed by atoms with Crippen molar-refractivity contribution in [3.8, 4) is 0 Å². The second kappa shape index (κ2) is 8.13. The number of ether oxygens (including phenoxy) is 2. The van der Waals surface area contributed by atoms with E-state index in [2.05, 4.69) is 0 Å². The maximum Gasteiger partial charge on any atom is 0.409 e. The number of hydrogen-bond donors (Lipinski definition) is 0. The summed E-state index contributed by atoms with van der Waals surface area (Å²) in [6, 6.07) is 9.45. The zero-order valence-electron chi connectivity index (χ0n) is 11.3. The smallest absolute Gasteiger partial charge is 0.409 e. The minimum Gasteiger partial charge on any atom is -0.461 e. The number of carbonyl (C=O) groups is 2. The molecule has 0 aliphatic rings. The van der Waals surface area contributed by atoms with E-state index in [1.54, 1.807) is 14.0 Å². The van der Waals surface area contributed by atoms with Gasteiger partial charge in [0.05, 0.1) is 13.0 Å². The summed E-state index contributed by atoms with van der Waals surface area (Å²) in [7, 11) is 1.59. The van der Waals surface area contributed by atoms with Crippen molar-refractivity contribution in [2.24, 2.45) is 0 Å². The standard InChI is InChI=1S/C14H19NO4/c1-3-18-14(17)15(2)10-9-13(16)19-11-12-7-5-4-6-8-12/h4-8H,3,9-11H2,1-2H3. The van der Waals surface area contributed by atoms with Gasteiger partial charge in [-0.25, -0.2) is 4.79 Å². The second-order valence-corrected chi connectivity index (χ2v) is 4.02. The van der Waals surface area contributed by atoms with E-state index < -0.39 is 6.09 Å². The first-order valence-corrected chi connectivity index (χ1v) is 6.21. The van der Waals surface area contributed by atoms with Crippen LogP contribution in [0.5, 0.6) is 0 Å². The molecular weight excluding hydrogens is 246 g/mol. The van der Waals surface area contributed by atoms with Gasteiger partial charge < -0.3 is 14.4 Å². The quantitative estimate of drug-likeness (QED) is 0.740. The largest absolute Gasteiger partial charge is 0.461 e. The molecule has 0 radical (unpaired) electrons. The lowest BCUT2D eigenvalue weighted by Gasteiger charge is -2.15. The minimum absolute atomic E-state index is 0.155. The number of carbonyl (C=O) groups excluding carboxylic acids is 2. The van der Waals surface area contributed by atoms with Gasteiger partial charge in [0.1, 0.15) is 6.61 Å². The number of benzene rings is 1. The van der Waals surface area contributed by atoms with Crippen molar-refractivity contribution in [2.45, 2.75) is 20.0 Å². The van der Waals surface area contributed by atoms with Crippen molar-refractivity contribution in [1.82, 2.24) is 4.90 Å². The predicted octanol–water partition coefficient (Wildman–Crippen LogP) is 2.21. The van der Waals surface area contributed by atoms with Gasteiger partial charge in [-0.05, 0) is 12.5 Å². The summed E-state index contributed by atoms with van der Waals surface area (Å²) >= 11 is 0. The molecule has 1 rings (SSSR count). The van der Waals surface area contributed by atoms with Gasteiger partial charge in [0.2, 0.25) is 0 Å². The molecule has 0 heterocycles. The maximum absolute atomic E-state index is 11.5. The first kappa shape index (κ1) is 15.0. The molecule has 0 atom stereocenters. The Labute approximate surface area is 113 Å². The van der Waals surface area contributed by atoms with E-state index in [1.807, 2.05) is 30.3 Å². The van der Waals surface area contributed by atoms with Crippen LogP contribution in [0.1, 0.15) is 18.9 Å². The molecule has 0 aliphatic carbocycles. The minimum atomic E-state index is -0.432. The van der Waals surface area contributed by atoms with Crippen LogP contribution in [0, 0.1) is 0 Å². The van der Waals surface area contributed by atoms with E-state index in [-0.39, 0.29) is 25.5 Å². The van der Waals surface area contributed by atoms with Crippen LogP contribution in [0.3, 0.4) is 0 Å². The van der Waals surface area contributed by atoms with Gasteiger partial charge in [-0.2, -0.15) is 0 Å². The Bertz CT molecular complexity index is 405. The van der Waals surface area contributed by atoms with Crippen LogP contribution in [0.4, 0.5) is 4.79 Å². The highest BCUT2D eigenvalue weighted by atomic mass is 16.6. The number of hydrogen-bond acceptors (Lipinski definition) is 4. The number of amides is 1. The third-order valence-corrected chi connectivity index (χ3v) is 2.47. The van der Waals surface area contributed by atoms with Gasteiger partial charge in [-0.1, -0.05) is 30.3 Å². The molecule has 0 saturated heterocycles. The van der Waals surface area contributed by atoms with E-state index >= 15 is 0 Å². The molecule has 5 nitrogen and oxygen atoms in total. The Balaban J connectivity index is 2.23. The Morgan fingerprint density at radius 3 is 2.47 bits per heavy atom. The van der Waals surface area contributed by atoms with Crippen molar-refractivity contribution in [1.29, 1.82) is 0 Å². The molecule has 0 spiro atoms. The summed E-state index contributed by atoms with van der Waals surface area (Å²) < 4.78 is 9.90. The predicted molar refractivity (Wildman–Crippen MR) is 70.5 cm³/mol. The topological polar surface area (TPSA) is 55.8 Å². The van der Waals surface area contributed by atoms with Gasteiger partial charge >= 0.3 is 12.1 Å². The first-order valence-electron chi connectivity index (χ1n) is 6.21. The van der Waals surface area contributed by atoms with Gasteiger partial charge in [-0.15, -0.1) is 0 Å². The Hall–Kier alpha value is -2.04. The lowest BCUT2D eigenvalue weighted by atomic mass is 10.2. The highest BCUT2D eigenvalue weighted by Crippen LogP contribution is 2.02. The molecule has 0 unspecified atom stereocenters. The van der Waals surface area contributed by atoms with E-state index in [9.17, 15) is 9.59 Å². The first-order chi connectivity index (χ1) is 9.13. The average molecular weight is 265 g/mol. The van der Waals surface area contributed by atoms with Crippen molar-refractivity contribution < 1.29 is 19.1 Å². The van der Waals surface area contributed by atoms with Gasteiger partial charge in [0, 0.05) is 13.6 Å². The van der Waals surface area contributed by atoms with Crippen molar-refractivity contribution in [3.05, 3.63) is 35.9 Å². The molecule has 0 aliphatic heterocycles. The van der Waals surface area contributed by atoms with Gasteiger partial charge in [-0.3, -0.25) is 4.79 Å². The fourth-order valence-corrected chi connectivity index (χ4v) is 1.39. The third-order valence-electron chi connectivity index (χ3n) is 2.47. The fourth-order valence-electron chi connectivity index (χ4n) is 1.39. The number of nitrogens with zero attached hydrogens (tertiary/aromatic N) is 1. The monoisotopic (exact) mass is 265 g/mol. The summed E-state index contributed by atoms with van der Waals surface area (Å²) in [6.45, 7) is 2.59. The van der Waals surface area contributed by atoms with Crippen LogP contribution in [-0.4, -0.2) is 37.2 Å². The van der Waals surface area contributed by atoms with Crippen molar-refractivity contribution in [2.75, 3.05) is 20.2 Å². The summed E-state index contributed by atoms with van der Waals surface area (Å²) in [6.07, 6.45) is -0.277. The molecule has 0 aromatic heterocycles. The normalized spacial score (nSPS) is 9.79. The van der Waals surface area contributed by atoms with Crippen LogP contribution in [-0.2, 0) is 20.9 Å². The summed E-state index contributed by atoms with van der Waals surface area (Å²) in [5, 5.41) is 0. The Kier molecular flexibility index (Phi) is 6.43. The highest BCUT2D eigenvalue weighted by Gasteiger charge is 2.11. The van der Waals surface area contributed by atoms with Crippen molar-refractivity contribution in [3.63, 3.8) is 0 Å². The molecule has 1 amide bonds. The summed E-state index contributed by atoms with van der Waals surface area (Å²) in [5.41, 5.74) is 0.939. The van der Waals surface area contributed by atoms with Gasteiger partial charge in [0.25, 0.3) is 0 Å². The summed E-state index contributed by atoms with van der Waals surface area (Å²) in [5.74, 6) is -0.333. The third kappa shape index (κ3) is 5.90. The Morgan fingerprint density at radius 2 is 1.84 bits per heavy atom. The zero-order chi connectivity index (χ0) is 14.1. The molecule has 0 saturated carbocycles. The molecule has 1 aromatic rings. The maximum atomic E-state index is 11.5.